The quantitative estimate of drug-likeness (QED) is 0.527. The first-order valence-electron chi connectivity index (χ1n) is 8.11. The summed E-state index contributed by atoms with van der Waals surface area (Å²) in [5, 5.41) is 2.95. The fourth-order valence-corrected chi connectivity index (χ4v) is 4.43. The summed E-state index contributed by atoms with van der Waals surface area (Å²) in [6, 6.07) is 16.2. The minimum absolute atomic E-state index is 0.0969. The monoisotopic (exact) mass is 382 g/mol. The van der Waals surface area contributed by atoms with Crippen LogP contribution in [0.5, 0.6) is 0 Å². The van der Waals surface area contributed by atoms with Crippen LogP contribution in [0.25, 0.3) is 10.2 Å². The summed E-state index contributed by atoms with van der Waals surface area (Å²) in [5.41, 5.74) is 4.27. The van der Waals surface area contributed by atoms with Gasteiger partial charge in [-0.05, 0) is 48.0 Å². The van der Waals surface area contributed by atoms with Gasteiger partial charge in [0.05, 0.1) is 22.3 Å². The molecule has 3 nitrogen and oxygen atoms in total. The number of thiazole rings is 1. The highest BCUT2D eigenvalue weighted by Gasteiger charge is 2.09. The van der Waals surface area contributed by atoms with Gasteiger partial charge in [0.1, 0.15) is 5.82 Å². The van der Waals surface area contributed by atoms with Crippen LogP contribution in [0.3, 0.4) is 0 Å². The second-order valence-corrected chi connectivity index (χ2v) is 8.03. The number of thiophene rings is 1. The lowest BCUT2D eigenvalue weighted by Crippen LogP contribution is -2.22. The number of halogens is 1. The Morgan fingerprint density at radius 1 is 1.08 bits per heavy atom. The second kappa shape index (κ2) is 7.35. The average molecular weight is 382 g/mol. The van der Waals surface area contributed by atoms with E-state index in [9.17, 15) is 9.18 Å². The SMILES string of the molecule is O=C(NCc1ccc(Cc2cccc(F)c2)s1)c1ccc2ncsc2c1. The summed E-state index contributed by atoms with van der Waals surface area (Å²) in [6.07, 6.45) is 0.693. The van der Waals surface area contributed by atoms with E-state index in [2.05, 4.69) is 10.3 Å². The van der Waals surface area contributed by atoms with Crippen LogP contribution in [-0.4, -0.2) is 10.9 Å². The van der Waals surface area contributed by atoms with E-state index in [1.54, 1.807) is 35.0 Å². The zero-order valence-electron chi connectivity index (χ0n) is 13.7. The first-order valence-corrected chi connectivity index (χ1v) is 9.80. The van der Waals surface area contributed by atoms with Crippen molar-refractivity contribution in [2.24, 2.45) is 0 Å². The molecule has 130 valence electrons. The molecule has 0 atom stereocenters. The highest BCUT2D eigenvalue weighted by Crippen LogP contribution is 2.21. The highest BCUT2D eigenvalue weighted by molar-refractivity contribution is 7.16. The van der Waals surface area contributed by atoms with Crippen LogP contribution < -0.4 is 5.32 Å². The third-order valence-electron chi connectivity index (χ3n) is 4.00. The van der Waals surface area contributed by atoms with Crippen molar-refractivity contribution in [3.05, 3.63) is 86.8 Å². The van der Waals surface area contributed by atoms with Gasteiger partial charge in [0.2, 0.25) is 0 Å². The zero-order chi connectivity index (χ0) is 17.9. The molecule has 1 amide bonds. The molecule has 0 saturated carbocycles. The number of nitrogens with zero attached hydrogens (tertiary/aromatic N) is 1. The van der Waals surface area contributed by atoms with Gasteiger partial charge in [-0.2, -0.15) is 0 Å². The Labute approximate surface area is 158 Å². The number of hydrogen-bond acceptors (Lipinski definition) is 4. The van der Waals surface area contributed by atoms with Gasteiger partial charge in [-0.25, -0.2) is 9.37 Å². The molecular weight excluding hydrogens is 367 g/mol. The van der Waals surface area contributed by atoms with Crippen molar-refractivity contribution in [2.75, 3.05) is 0 Å². The number of rotatable bonds is 5. The minimum atomic E-state index is -0.218. The summed E-state index contributed by atoms with van der Waals surface area (Å²) in [4.78, 5) is 18.8. The molecule has 2 aromatic heterocycles. The topological polar surface area (TPSA) is 42.0 Å². The van der Waals surface area contributed by atoms with Crippen LogP contribution >= 0.6 is 22.7 Å². The molecular formula is C20H15FN2OS2. The molecule has 0 aliphatic rings. The maximum absolute atomic E-state index is 13.3. The number of carbonyl (C=O) groups excluding carboxylic acids is 1. The standard InChI is InChI=1S/C20H15FN2OS2/c21-15-3-1-2-13(8-15)9-16-5-6-17(26-16)11-22-20(24)14-4-7-18-19(10-14)25-12-23-18/h1-8,10,12H,9,11H2,(H,22,24). The summed E-state index contributed by atoms with van der Waals surface area (Å²) in [6.45, 7) is 0.480. The summed E-state index contributed by atoms with van der Waals surface area (Å²) >= 11 is 3.15. The van der Waals surface area contributed by atoms with E-state index in [0.717, 1.165) is 25.5 Å². The summed E-state index contributed by atoms with van der Waals surface area (Å²) in [7, 11) is 0. The van der Waals surface area contributed by atoms with Gasteiger partial charge >= 0.3 is 0 Å². The van der Waals surface area contributed by atoms with E-state index >= 15 is 0 Å². The molecule has 26 heavy (non-hydrogen) atoms. The van der Waals surface area contributed by atoms with E-state index in [1.807, 2.05) is 30.3 Å². The van der Waals surface area contributed by atoms with Gasteiger partial charge in [-0.1, -0.05) is 12.1 Å². The van der Waals surface area contributed by atoms with Crippen molar-refractivity contribution >= 4 is 38.8 Å². The fraction of sp³-hybridized carbons (Fsp3) is 0.100. The minimum Gasteiger partial charge on any atom is -0.347 e. The van der Waals surface area contributed by atoms with Crippen molar-refractivity contribution in [1.82, 2.24) is 10.3 Å². The van der Waals surface area contributed by atoms with Gasteiger partial charge < -0.3 is 5.32 Å². The number of nitrogens with one attached hydrogen (secondary N) is 1. The average Bonchev–Trinajstić information content (AvgIpc) is 3.28. The summed E-state index contributed by atoms with van der Waals surface area (Å²) < 4.78 is 14.3. The largest absolute Gasteiger partial charge is 0.347 e. The predicted octanol–water partition coefficient (Wildman–Crippen LogP) is 5.02. The van der Waals surface area contributed by atoms with Crippen molar-refractivity contribution in [3.8, 4) is 0 Å². The molecule has 0 spiro atoms. The lowest BCUT2D eigenvalue weighted by Gasteiger charge is -2.04. The van der Waals surface area contributed by atoms with Crippen LogP contribution in [0.2, 0.25) is 0 Å². The Balaban J connectivity index is 1.38. The predicted molar refractivity (Wildman–Crippen MR) is 104 cm³/mol. The van der Waals surface area contributed by atoms with Gasteiger partial charge in [-0.3, -0.25) is 4.79 Å². The van der Waals surface area contributed by atoms with Gasteiger partial charge in [0.25, 0.3) is 5.91 Å². The van der Waals surface area contributed by atoms with Gasteiger partial charge in [0, 0.05) is 21.7 Å². The van der Waals surface area contributed by atoms with Crippen molar-refractivity contribution in [2.45, 2.75) is 13.0 Å². The molecule has 2 heterocycles. The van der Waals surface area contributed by atoms with E-state index < -0.39 is 0 Å². The number of benzene rings is 2. The van der Waals surface area contributed by atoms with Crippen LogP contribution in [0.1, 0.15) is 25.7 Å². The Bertz CT molecular complexity index is 1070. The number of carbonyl (C=O) groups is 1. The number of aromatic nitrogens is 1. The normalized spacial score (nSPS) is 11.0. The van der Waals surface area contributed by atoms with Gasteiger partial charge in [-0.15, -0.1) is 22.7 Å². The van der Waals surface area contributed by atoms with E-state index in [1.165, 1.54) is 17.4 Å². The Kier molecular flexibility index (Phi) is 4.77. The fourth-order valence-electron chi connectivity index (χ4n) is 2.73. The first-order chi connectivity index (χ1) is 12.7. The lowest BCUT2D eigenvalue weighted by molar-refractivity contribution is 0.0951. The van der Waals surface area contributed by atoms with E-state index in [-0.39, 0.29) is 11.7 Å². The zero-order valence-corrected chi connectivity index (χ0v) is 15.4. The molecule has 1 N–H and O–H groups in total. The molecule has 6 heteroatoms. The Morgan fingerprint density at radius 3 is 2.85 bits per heavy atom. The maximum atomic E-state index is 13.3. The van der Waals surface area contributed by atoms with Crippen LogP contribution in [0.4, 0.5) is 4.39 Å². The smallest absolute Gasteiger partial charge is 0.251 e. The number of amides is 1. The molecule has 0 unspecified atom stereocenters. The number of hydrogen-bond donors (Lipinski definition) is 1. The van der Waals surface area contributed by atoms with Crippen molar-refractivity contribution in [3.63, 3.8) is 0 Å². The molecule has 0 aliphatic heterocycles. The molecule has 4 rings (SSSR count). The number of fused-ring (bicyclic) bond motifs is 1. The van der Waals surface area contributed by atoms with Crippen LogP contribution in [0, 0.1) is 5.82 Å². The molecule has 0 fully saturated rings. The Morgan fingerprint density at radius 2 is 1.96 bits per heavy atom. The molecule has 0 bridgehead atoms. The van der Waals surface area contributed by atoms with E-state index in [0.29, 0.717) is 18.5 Å². The van der Waals surface area contributed by atoms with Crippen LogP contribution in [0.15, 0.2) is 60.1 Å². The molecule has 0 saturated heterocycles. The molecule has 4 aromatic rings. The van der Waals surface area contributed by atoms with Crippen molar-refractivity contribution in [1.29, 1.82) is 0 Å². The molecule has 2 aromatic carbocycles. The second-order valence-electron chi connectivity index (χ2n) is 5.89. The van der Waals surface area contributed by atoms with Crippen LogP contribution in [-0.2, 0) is 13.0 Å². The lowest BCUT2D eigenvalue weighted by atomic mass is 10.1. The Hall–Kier alpha value is -2.57. The molecule has 0 radical (unpaired) electrons. The molecule has 0 aliphatic carbocycles. The first kappa shape index (κ1) is 16.9. The maximum Gasteiger partial charge on any atom is 0.251 e. The van der Waals surface area contributed by atoms with E-state index in [4.69, 9.17) is 0 Å². The summed E-state index contributed by atoms with van der Waals surface area (Å²) in [5.74, 6) is -0.315. The third-order valence-corrected chi connectivity index (χ3v) is 5.88. The highest BCUT2D eigenvalue weighted by atomic mass is 32.1. The van der Waals surface area contributed by atoms with Crippen molar-refractivity contribution < 1.29 is 9.18 Å². The third kappa shape index (κ3) is 3.81. The van der Waals surface area contributed by atoms with Gasteiger partial charge in [0.15, 0.2) is 0 Å².